The van der Waals surface area contributed by atoms with Crippen LogP contribution in [0.3, 0.4) is 0 Å². The van der Waals surface area contributed by atoms with E-state index in [1.807, 2.05) is 12.3 Å². The number of rotatable bonds is 3. The predicted molar refractivity (Wildman–Crippen MR) is 67.6 cm³/mol. The third-order valence-electron chi connectivity index (χ3n) is 3.26. The van der Waals surface area contributed by atoms with Gasteiger partial charge in [-0.25, -0.2) is 4.98 Å². The molecule has 0 atom stereocenters. The fraction of sp³-hybridized carbons (Fsp3) is 0.615. The van der Waals surface area contributed by atoms with E-state index < -0.39 is 0 Å². The van der Waals surface area contributed by atoms with Crippen LogP contribution in [0.5, 0.6) is 0 Å². The molecule has 0 aliphatic carbocycles. The maximum Gasteiger partial charge on any atom is 0.131 e. The van der Waals surface area contributed by atoms with Crippen molar-refractivity contribution in [3.8, 4) is 0 Å². The molecule has 3 heteroatoms. The Labute approximate surface area is 97.7 Å². The van der Waals surface area contributed by atoms with Gasteiger partial charge in [0.05, 0.1) is 0 Å². The van der Waals surface area contributed by atoms with Crippen molar-refractivity contribution >= 4 is 5.82 Å². The number of nitrogens with zero attached hydrogens (tertiary/aromatic N) is 2. The molecule has 3 nitrogen and oxygen atoms in total. The highest BCUT2D eigenvalue weighted by molar-refractivity contribution is 5.48. The van der Waals surface area contributed by atoms with Gasteiger partial charge in [-0.05, 0) is 36.4 Å². The van der Waals surface area contributed by atoms with Crippen LogP contribution in [0, 0.1) is 5.41 Å². The molecule has 88 valence electrons. The largest absolute Gasteiger partial charge is 0.356 e. The molecular weight excluding hydrogens is 198 g/mol. The van der Waals surface area contributed by atoms with Gasteiger partial charge in [-0.2, -0.15) is 0 Å². The van der Waals surface area contributed by atoms with Crippen LogP contribution in [-0.4, -0.2) is 24.6 Å². The molecule has 2 N–H and O–H groups in total. The zero-order valence-corrected chi connectivity index (χ0v) is 10.2. The summed E-state index contributed by atoms with van der Waals surface area (Å²) in [5.41, 5.74) is 7.33. The van der Waals surface area contributed by atoms with Crippen LogP contribution >= 0.6 is 0 Å². The first-order valence-corrected chi connectivity index (χ1v) is 6.01. The Morgan fingerprint density at radius 2 is 2.31 bits per heavy atom. The van der Waals surface area contributed by atoms with Crippen LogP contribution < -0.4 is 10.6 Å². The average molecular weight is 219 g/mol. The molecule has 16 heavy (non-hydrogen) atoms. The highest BCUT2D eigenvalue weighted by Gasteiger charge is 2.30. The number of nitrogens with two attached hydrogens (primary N) is 1. The van der Waals surface area contributed by atoms with Crippen LogP contribution in [-0.2, 0) is 6.42 Å². The summed E-state index contributed by atoms with van der Waals surface area (Å²) in [6.07, 6.45) is 4.03. The number of anilines is 1. The Bertz CT molecular complexity index is 360. The Balaban J connectivity index is 2.20. The molecule has 1 aromatic heterocycles. The van der Waals surface area contributed by atoms with E-state index in [-0.39, 0.29) is 0 Å². The highest BCUT2D eigenvalue weighted by Crippen LogP contribution is 2.32. The fourth-order valence-corrected chi connectivity index (χ4v) is 2.36. The molecule has 1 fully saturated rings. The van der Waals surface area contributed by atoms with Crippen LogP contribution in [0.1, 0.15) is 25.8 Å². The van der Waals surface area contributed by atoms with Gasteiger partial charge < -0.3 is 10.6 Å². The second-order valence-corrected chi connectivity index (χ2v) is 5.36. The van der Waals surface area contributed by atoms with Crippen molar-refractivity contribution < 1.29 is 0 Å². The predicted octanol–water partition coefficient (Wildman–Crippen LogP) is 1.82. The molecule has 0 bridgehead atoms. The van der Waals surface area contributed by atoms with E-state index >= 15 is 0 Å². The molecule has 1 aromatic rings. The van der Waals surface area contributed by atoms with Crippen molar-refractivity contribution in [2.45, 2.75) is 26.7 Å². The summed E-state index contributed by atoms with van der Waals surface area (Å²) in [5.74, 6) is 1.14. The zero-order valence-electron chi connectivity index (χ0n) is 10.2. The molecule has 2 heterocycles. The number of pyridine rings is 1. The summed E-state index contributed by atoms with van der Waals surface area (Å²) in [6, 6.07) is 4.14. The third-order valence-corrected chi connectivity index (χ3v) is 3.26. The zero-order chi connectivity index (χ0) is 11.6. The quantitative estimate of drug-likeness (QED) is 0.843. The number of hydrogen-bond acceptors (Lipinski definition) is 3. The van der Waals surface area contributed by atoms with Gasteiger partial charge in [-0.1, -0.05) is 19.9 Å². The van der Waals surface area contributed by atoms with Crippen molar-refractivity contribution in [2.24, 2.45) is 11.1 Å². The summed E-state index contributed by atoms with van der Waals surface area (Å²) in [7, 11) is 0. The van der Waals surface area contributed by atoms with E-state index in [0.717, 1.165) is 25.3 Å². The Kier molecular flexibility index (Phi) is 3.15. The molecule has 1 aliphatic heterocycles. The first kappa shape index (κ1) is 11.4. The summed E-state index contributed by atoms with van der Waals surface area (Å²) < 4.78 is 0. The van der Waals surface area contributed by atoms with Crippen molar-refractivity contribution in [2.75, 3.05) is 24.5 Å². The SMILES string of the molecule is CC1(C)CCN(c2ncccc2CCN)C1. The van der Waals surface area contributed by atoms with E-state index in [2.05, 4.69) is 29.8 Å². The lowest BCUT2D eigenvalue weighted by atomic mass is 9.93. The summed E-state index contributed by atoms with van der Waals surface area (Å²) in [6.45, 7) is 7.54. The minimum absolute atomic E-state index is 0.414. The molecule has 2 rings (SSSR count). The lowest BCUT2D eigenvalue weighted by molar-refractivity contribution is 0.418. The monoisotopic (exact) mass is 219 g/mol. The van der Waals surface area contributed by atoms with Crippen molar-refractivity contribution in [1.29, 1.82) is 0 Å². The van der Waals surface area contributed by atoms with E-state index in [4.69, 9.17) is 5.73 Å². The van der Waals surface area contributed by atoms with Crippen LogP contribution in [0.15, 0.2) is 18.3 Å². The molecule has 0 saturated carbocycles. The number of hydrogen-bond donors (Lipinski definition) is 1. The van der Waals surface area contributed by atoms with Gasteiger partial charge in [0.1, 0.15) is 5.82 Å². The molecule has 0 radical (unpaired) electrons. The lowest BCUT2D eigenvalue weighted by Crippen LogP contribution is -2.25. The Hall–Kier alpha value is -1.09. The molecular formula is C13H21N3. The summed E-state index contributed by atoms with van der Waals surface area (Å²) >= 11 is 0. The Morgan fingerprint density at radius 1 is 1.50 bits per heavy atom. The normalized spacial score (nSPS) is 19.1. The van der Waals surface area contributed by atoms with Crippen LogP contribution in [0.25, 0.3) is 0 Å². The van der Waals surface area contributed by atoms with E-state index in [1.54, 1.807) is 0 Å². The molecule has 0 amide bonds. The second-order valence-electron chi connectivity index (χ2n) is 5.36. The van der Waals surface area contributed by atoms with Gasteiger partial charge in [0.2, 0.25) is 0 Å². The van der Waals surface area contributed by atoms with Gasteiger partial charge in [-0.15, -0.1) is 0 Å². The summed E-state index contributed by atoms with van der Waals surface area (Å²) in [4.78, 5) is 6.91. The maximum atomic E-state index is 5.64. The van der Waals surface area contributed by atoms with Crippen LogP contribution in [0.2, 0.25) is 0 Å². The highest BCUT2D eigenvalue weighted by atomic mass is 15.2. The molecule has 1 aliphatic rings. The van der Waals surface area contributed by atoms with Crippen LogP contribution in [0.4, 0.5) is 5.82 Å². The summed E-state index contributed by atoms with van der Waals surface area (Å²) in [5, 5.41) is 0. The van der Waals surface area contributed by atoms with E-state index in [0.29, 0.717) is 12.0 Å². The van der Waals surface area contributed by atoms with Gasteiger partial charge in [-0.3, -0.25) is 0 Å². The van der Waals surface area contributed by atoms with Crippen molar-refractivity contribution in [3.05, 3.63) is 23.9 Å². The smallest absolute Gasteiger partial charge is 0.131 e. The van der Waals surface area contributed by atoms with Gasteiger partial charge in [0.25, 0.3) is 0 Å². The molecule has 0 spiro atoms. The van der Waals surface area contributed by atoms with Gasteiger partial charge in [0.15, 0.2) is 0 Å². The van der Waals surface area contributed by atoms with E-state index in [1.165, 1.54) is 12.0 Å². The topological polar surface area (TPSA) is 42.2 Å². The number of aromatic nitrogens is 1. The standard InChI is InChI=1S/C13H21N3/c1-13(2)6-9-16(10-13)12-11(5-7-14)4-3-8-15-12/h3-4,8H,5-7,9-10,14H2,1-2H3. The second kappa shape index (κ2) is 4.42. The first-order valence-electron chi connectivity index (χ1n) is 6.01. The maximum absolute atomic E-state index is 5.64. The first-order chi connectivity index (χ1) is 7.62. The average Bonchev–Trinajstić information content (AvgIpc) is 2.60. The minimum Gasteiger partial charge on any atom is -0.356 e. The van der Waals surface area contributed by atoms with Gasteiger partial charge in [0, 0.05) is 19.3 Å². The van der Waals surface area contributed by atoms with Gasteiger partial charge >= 0.3 is 0 Å². The third kappa shape index (κ3) is 2.35. The lowest BCUT2D eigenvalue weighted by Gasteiger charge is -2.22. The molecule has 0 unspecified atom stereocenters. The van der Waals surface area contributed by atoms with Crippen molar-refractivity contribution in [3.63, 3.8) is 0 Å². The van der Waals surface area contributed by atoms with Crippen molar-refractivity contribution in [1.82, 2.24) is 4.98 Å². The minimum atomic E-state index is 0.414. The fourth-order valence-electron chi connectivity index (χ4n) is 2.36. The van der Waals surface area contributed by atoms with E-state index in [9.17, 15) is 0 Å². The molecule has 1 saturated heterocycles. The Morgan fingerprint density at radius 3 is 2.94 bits per heavy atom. The molecule has 0 aromatic carbocycles.